The summed E-state index contributed by atoms with van der Waals surface area (Å²) in [5.41, 5.74) is 0.576. The van der Waals surface area contributed by atoms with Crippen LogP contribution in [-0.2, 0) is 11.3 Å². The summed E-state index contributed by atoms with van der Waals surface area (Å²) in [6, 6.07) is 7.84. The van der Waals surface area contributed by atoms with Gasteiger partial charge < -0.3 is 25.4 Å². The number of alkyl carbamates (subject to hydrolysis) is 1. The quantitative estimate of drug-likeness (QED) is 0.243. The SMILES string of the molecule is CN=C(NCCCNC(=O)OC(C)(C)C)NCc1ccccc1OC.I. The normalized spacial score (nSPS) is 11.2. The van der Waals surface area contributed by atoms with Crippen molar-refractivity contribution in [2.24, 2.45) is 4.99 Å². The highest BCUT2D eigenvalue weighted by Gasteiger charge is 2.15. The molecule has 0 saturated heterocycles. The van der Waals surface area contributed by atoms with Crippen LogP contribution in [-0.4, -0.2) is 44.9 Å². The zero-order chi connectivity index (χ0) is 18.7. The van der Waals surface area contributed by atoms with Gasteiger partial charge in [0, 0.05) is 32.2 Å². The Labute approximate surface area is 173 Å². The van der Waals surface area contributed by atoms with Gasteiger partial charge in [-0.25, -0.2) is 4.79 Å². The van der Waals surface area contributed by atoms with Gasteiger partial charge in [0.1, 0.15) is 11.4 Å². The summed E-state index contributed by atoms with van der Waals surface area (Å²) >= 11 is 0. The second kappa shape index (κ2) is 12.6. The highest BCUT2D eigenvalue weighted by molar-refractivity contribution is 14.0. The fraction of sp³-hybridized carbons (Fsp3) is 0.556. The highest BCUT2D eigenvalue weighted by atomic mass is 127. The Kier molecular flexibility index (Phi) is 11.8. The number of rotatable bonds is 7. The first-order chi connectivity index (χ1) is 11.9. The molecule has 1 aromatic carbocycles. The summed E-state index contributed by atoms with van der Waals surface area (Å²) in [6.45, 7) is 7.34. The number of nitrogens with one attached hydrogen (secondary N) is 3. The molecule has 0 atom stereocenters. The van der Waals surface area contributed by atoms with Crippen molar-refractivity contribution in [3.05, 3.63) is 29.8 Å². The molecule has 0 fully saturated rings. The molecule has 26 heavy (non-hydrogen) atoms. The molecule has 0 aliphatic rings. The van der Waals surface area contributed by atoms with Crippen LogP contribution in [0.1, 0.15) is 32.8 Å². The summed E-state index contributed by atoms with van der Waals surface area (Å²) in [4.78, 5) is 15.7. The van der Waals surface area contributed by atoms with Gasteiger partial charge in [-0.3, -0.25) is 4.99 Å². The molecule has 0 aliphatic carbocycles. The zero-order valence-corrected chi connectivity index (χ0v) is 18.5. The number of para-hydroxylation sites is 1. The Bertz CT molecular complexity index is 574. The molecule has 0 saturated carbocycles. The van der Waals surface area contributed by atoms with Crippen molar-refractivity contribution in [2.75, 3.05) is 27.2 Å². The lowest BCUT2D eigenvalue weighted by Gasteiger charge is -2.19. The van der Waals surface area contributed by atoms with Crippen LogP contribution in [0.5, 0.6) is 5.75 Å². The second-order valence-corrected chi connectivity index (χ2v) is 6.45. The van der Waals surface area contributed by atoms with Crippen molar-refractivity contribution >= 4 is 36.0 Å². The Morgan fingerprint density at radius 1 is 1.12 bits per heavy atom. The maximum atomic E-state index is 11.5. The number of hydrogen-bond acceptors (Lipinski definition) is 4. The monoisotopic (exact) mass is 478 g/mol. The molecule has 0 radical (unpaired) electrons. The molecule has 1 aromatic rings. The van der Waals surface area contributed by atoms with Gasteiger partial charge in [-0.2, -0.15) is 0 Å². The van der Waals surface area contributed by atoms with E-state index in [1.807, 2.05) is 45.0 Å². The average Bonchev–Trinajstić information content (AvgIpc) is 2.56. The fourth-order valence-electron chi connectivity index (χ4n) is 2.05. The fourth-order valence-corrected chi connectivity index (χ4v) is 2.05. The first-order valence-electron chi connectivity index (χ1n) is 8.39. The number of carbonyl (C=O) groups excluding carboxylic acids is 1. The average molecular weight is 478 g/mol. The van der Waals surface area contributed by atoms with Crippen LogP contribution in [0, 0.1) is 0 Å². The van der Waals surface area contributed by atoms with Gasteiger partial charge in [-0.15, -0.1) is 24.0 Å². The minimum atomic E-state index is -0.479. The van der Waals surface area contributed by atoms with Crippen LogP contribution in [0.3, 0.4) is 0 Å². The first-order valence-corrected chi connectivity index (χ1v) is 8.39. The molecule has 1 amide bonds. The largest absolute Gasteiger partial charge is 0.496 e. The highest BCUT2D eigenvalue weighted by Crippen LogP contribution is 2.16. The number of benzene rings is 1. The lowest BCUT2D eigenvalue weighted by Crippen LogP contribution is -2.39. The Morgan fingerprint density at radius 2 is 1.77 bits per heavy atom. The van der Waals surface area contributed by atoms with Gasteiger partial charge in [0.15, 0.2) is 5.96 Å². The van der Waals surface area contributed by atoms with E-state index in [0.717, 1.165) is 17.7 Å². The molecule has 1 rings (SSSR count). The summed E-state index contributed by atoms with van der Waals surface area (Å²) in [7, 11) is 3.38. The number of amides is 1. The van der Waals surface area contributed by atoms with E-state index in [2.05, 4.69) is 20.9 Å². The molecule has 7 nitrogen and oxygen atoms in total. The minimum Gasteiger partial charge on any atom is -0.496 e. The van der Waals surface area contributed by atoms with Crippen LogP contribution in [0.15, 0.2) is 29.3 Å². The molecule has 0 aromatic heterocycles. The molecule has 0 spiro atoms. The maximum absolute atomic E-state index is 11.5. The molecule has 8 heteroatoms. The number of methoxy groups -OCH3 is 1. The molecular formula is C18H31IN4O3. The van der Waals surface area contributed by atoms with Crippen LogP contribution < -0.4 is 20.7 Å². The molecular weight excluding hydrogens is 447 g/mol. The van der Waals surface area contributed by atoms with Crippen LogP contribution in [0.25, 0.3) is 0 Å². The molecule has 3 N–H and O–H groups in total. The van der Waals surface area contributed by atoms with E-state index in [9.17, 15) is 4.79 Å². The van der Waals surface area contributed by atoms with Gasteiger partial charge in [0.05, 0.1) is 7.11 Å². The van der Waals surface area contributed by atoms with E-state index >= 15 is 0 Å². The van der Waals surface area contributed by atoms with E-state index in [1.165, 1.54) is 0 Å². The Morgan fingerprint density at radius 3 is 2.38 bits per heavy atom. The number of guanidine groups is 1. The number of nitrogens with zero attached hydrogens (tertiary/aromatic N) is 1. The van der Waals surface area contributed by atoms with E-state index < -0.39 is 11.7 Å². The van der Waals surface area contributed by atoms with Gasteiger partial charge in [0.25, 0.3) is 0 Å². The topological polar surface area (TPSA) is 84.0 Å². The summed E-state index contributed by atoms with van der Waals surface area (Å²) in [5.74, 6) is 1.54. The Balaban J connectivity index is 0.00000625. The molecule has 148 valence electrons. The molecule has 0 bridgehead atoms. The van der Waals surface area contributed by atoms with E-state index in [4.69, 9.17) is 9.47 Å². The standard InChI is InChI=1S/C18H30N4O3.HI/c1-18(2,3)25-17(23)21-12-8-11-20-16(19-4)22-13-14-9-6-7-10-15(14)24-5;/h6-7,9-10H,8,11-13H2,1-5H3,(H,21,23)(H2,19,20,22);1H. The lowest BCUT2D eigenvalue weighted by molar-refractivity contribution is 0.0527. The number of hydrogen-bond donors (Lipinski definition) is 3. The predicted octanol–water partition coefficient (Wildman–Crippen LogP) is 2.89. The zero-order valence-electron chi connectivity index (χ0n) is 16.2. The van der Waals surface area contributed by atoms with Crippen LogP contribution >= 0.6 is 24.0 Å². The van der Waals surface area contributed by atoms with Crippen molar-refractivity contribution in [3.63, 3.8) is 0 Å². The Hall–Kier alpha value is -1.71. The summed E-state index contributed by atoms with van der Waals surface area (Å²) in [5, 5.41) is 9.17. The minimum absolute atomic E-state index is 0. The smallest absolute Gasteiger partial charge is 0.407 e. The lowest BCUT2D eigenvalue weighted by atomic mass is 10.2. The van der Waals surface area contributed by atoms with Gasteiger partial charge >= 0.3 is 6.09 Å². The van der Waals surface area contributed by atoms with E-state index in [1.54, 1.807) is 14.2 Å². The van der Waals surface area contributed by atoms with Crippen LogP contribution in [0.2, 0.25) is 0 Å². The number of carbonyl (C=O) groups is 1. The third-order valence-corrected chi connectivity index (χ3v) is 3.18. The molecule has 0 unspecified atom stereocenters. The van der Waals surface area contributed by atoms with Crippen LogP contribution in [0.4, 0.5) is 4.79 Å². The number of halogens is 1. The van der Waals surface area contributed by atoms with E-state index in [0.29, 0.717) is 25.6 Å². The number of ether oxygens (including phenoxy) is 2. The van der Waals surface area contributed by atoms with Crippen molar-refractivity contribution < 1.29 is 14.3 Å². The van der Waals surface area contributed by atoms with Gasteiger partial charge in [-0.05, 0) is 33.3 Å². The maximum Gasteiger partial charge on any atom is 0.407 e. The van der Waals surface area contributed by atoms with Crippen molar-refractivity contribution in [2.45, 2.75) is 39.3 Å². The third kappa shape index (κ3) is 10.3. The third-order valence-electron chi connectivity index (χ3n) is 3.18. The van der Waals surface area contributed by atoms with Crippen molar-refractivity contribution in [1.82, 2.24) is 16.0 Å². The van der Waals surface area contributed by atoms with E-state index in [-0.39, 0.29) is 24.0 Å². The van der Waals surface area contributed by atoms with Gasteiger partial charge in [-0.1, -0.05) is 18.2 Å². The molecule has 0 heterocycles. The van der Waals surface area contributed by atoms with Crippen molar-refractivity contribution in [1.29, 1.82) is 0 Å². The molecule has 0 aliphatic heterocycles. The summed E-state index contributed by atoms with van der Waals surface area (Å²) in [6.07, 6.45) is 0.361. The van der Waals surface area contributed by atoms with Crippen molar-refractivity contribution in [3.8, 4) is 5.75 Å². The predicted molar refractivity (Wildman–Crippen MR) is 115 cm³/mol. The number of aliphatic imine (C=N–C) groups is 1. The van der Waals surface area contributed by atoms with Gasteiger partial charge in [0.2, 0.25) is 0 Å². The first kappa shape index (κ1) is 24.3. The second-order valence-electron chi connectivity index (χ2n) is 6.45. The summed E-state index contributed by atoms with van der Waals surface area (Å²) < 4.78 is 10.5.